The van der Waals surface area contributed by atoms with E-state index >= 15 is 0 Å². The second-order valence-electron chi connectivity index (χ2n) is 4.01. The molecule has 20 heavy (non-hydrogen) atoms. The number of aromatic hydroxyl groups is 1. The lowest BCUT2D eigenvalue weighted by Gasteiger charge is -2.06. The van der Waals surface area contributed by atoms with Crippen LogP contribution >= 0.6 is 11.6 Å². The smallest absolute Gasteiger partial charge is 0.176 e. The van der Waals surface area contributed by atoms with Crippen LogP contribution in [0.4, 0.5) is 5.69 Å². The number of phenolic OH excluding ortho intramolecular Hbond substituents is 1. The van der Waals surface area contributed by atoms with E-state index in [2.05, 4.69) is 4.99 Å². The van der Waals surface area contributed by atoms with E-state index in [9.17, 15) is 5.11 Å². The van der Waals surface area contributed by atoms with Crippen LogP contribution < -0.4 is 9.47 Å². The van der Waals surface area contributed by atoms with Crippen LogP contribution in [0.25, 0.3) is 0 Å². The summed E-state index contributed by atoms with van der Waals surface area (Å²) in [5.41, 5.74) is 1.52. The van der Waals surface area contributed by atoms with Gasteiger partial charge in [0, 0.05) is 6.21 Å². The normalized spacial score (nSPS) is 10.8. The van der Waals surface area contributed by atoms with Crippen molar-refractivity contribution in [2.45, 2.75) is 0 Å². The number of methoxy groups -OCH3 is 2. The van der Waals surface area contributed by atoms with Crippen molar-refractivity contribution in [2.24, 2.45) is 4.99 Å². The highest BCUT2D eigenvalue weighted by Gasteiger charge is 2.07. The van der Waals surface area contributed by atoms with Crippen LogP contribution in [0.15, 0.2) is 41.4 Å². The summed E-state index contributed by atoms with van der Waals surface area (Å²) in [5.74, 6) is 1.02. The Kier molecular flexibility index (Phi) is 4.48. The highest BCUT2D eigenvalue weighted by Crippen LogP contribution is 2.34. The fraction of sp³-hybridized carbons (Fsp3) is 0.133. The Morgan fingerprint density at radius 2 is 1.80 bits per heavy atom. The molecule has 0 aliphatic carbocycles. The molecule has 0 aromatic heterocycles. The van der Waals surface area contributed by atoms with Crippen LogP contribution in [0.5, 0.6) is 17.2 Å². The van der Waals surface area contributed by atoms with Gasteiger partial charge >= 0.3 is 0 Å². The van der Waals surface area contributed by atoms with Gasteiger partial charge in [0.15, 0.2) is 11.5 Å². The van der Waals surface area contributed by atoms with Crippen molar-refractivity contribution >= 4 is 23.5 Å². The zero-order valence-electron chi connectivity index (χ0n) is 11.1. The van der Waals surface area contributed by atoms with Gasteiger partial charge in [0.1, 0.15) is 5.75 Å². The Labute approximate surface area is 122 Å². The molecular formula is C15H14ClNO3. The number of nitrogens with zero attached hydrogens (tertiary/aromatic N) is 1. The molecule has 0 heterocycles. The van der Waals surface area contributed by atoms with Crippen molar-refractivity contribution in [3.05, 3.63) is 47.0 Å². The van der Waals surface area contributed by atoms with E-state index in [0.29, 0.717) is 5.75 Å². The fourth-order valence-electron chi connectivity index (χ4n) is 1.64. The molecule has 0 saturated heterocycles. The molecule has 4 nitrogen and oxygen atoms in total. The third-order valence-corrected chi connectivity index (χ3v) is 2.99. The molecule has 2 rings (SSSR count). The summed E-state index contributed by atoms with van der Waals surface area (Å²) in [4.78, 5) is 4.32. The fourth-order valence-corrected chi connectivity index (χ4v) is 1.86. The Balaban J connectivity index is 2.24. The standard InChI is InChI=1S/C15H14ClNO3/c1-19-12-5-3-11(4-6-12)17-9-10-7-13(16)15(18)14(8-10)20-2/h3-9,18H,1-2H3. The van der Waals surface area contributed by atoms with Crippen LogP contribution in [0.2, 0.25) is 5.02 Å². The topological polar surface area (TPSA) is 51.0 Å². The van der Waals surface area contributed by atoms with Gasteiger partial charge in [0.05, 0.1) is 24.9 Å². The monoisotopic (exact) mass is 291 g/mol. The number of hydrogen-bond donors (Lipinski definition) is 1. The van der Waals surface area contributed by atoms with Crippen molar-refractivity contribution in [1.29, 1.82) is 0 Å². The van der Waals surface area contributed by atoms with Gasteiger partial charge in [-0.25, -0.2) is 0 Å². The molecule has 0 radical (unpaired) electrons. The number of ether oxygens (including phenoxy) is 2. The van der Waals surface area contributed by atoms with E-state index < -0.39 is 0 Å². The number of aliphatic imine (C=N–C) groups is 1. The predicted molar refractivity (Wildman–Crippen MR) is 79.9 cm³/mol. The average molecular weight is 292 g/mol. The summed E-state index contributed by atoms with van der Waals surface area (Å²) < 4.78 is 10.1. The van der Waals surface area contributed by atoms with Gasteiger partial charge in [-0.2, -0.15) is 0 Å². The largest absolute Gasteiger partial charge is 0.503 e. The molecule has 0 aliphatic heterocycles. The van der Waals surface area contributed by atoms with Crippen LogP contribution in [0.3, 0.4) is 0 Å². The van der Waals surface area contributed by atoms with Crippen molar-refractivity contribution in [3.63, 3.8) is 0 Å². The molecule has 0 saturated carbocycles. The van der Waals surface area contributed by atoms with Crippen LogP contribution in [0, 0.1) is 0 Å². The molecule has 2 aromatic rings. The lowest BCUT2D eigenvalue weighted by atomic mass is 10.2. The van der Waals surface area contributed by atoms with E-state index in [-0.39, 0.29) is 10.8 Å². The van der Waals surface area contributed by atoms with E-state index in [4.69, 9.17) is 21.1 Å². The summed E-state index contributed by atoms with van der Waals surface area (Å²) in [7, 11) is 3.08. The zero-order valence-corrected chi connectivity index (χ0v) is 11.9. The zero-order chi connectivity index (χ0) is 14.5. The van der Waals surface area contributed by atoms with Crippen molar-refractivity contribution in [2.75, 3.05) is 14.2 Å². The van der Waals surface area contributed by atoms with Gasteiger partial charge in [-0.1, -0.05) is 11.6 Å². The van der Waals surface area contributed by atoms with Crippen LogP contribution in [-0.2, 0) is 0 Å². The summed E-state index contributed by atoms with van der Waals surface area (Å²) >= 11 is 5.91. The predicted octanol–water partition coefficient (Wildman–Crippen LogP) is 3.81. The lowest BCUT2D eigenvalue weighted by molar-refractivity contribution is 0.373. The lowest BCUT2D eigenvalue weighted by Crippen LogP contribution is -1.88. The minimum Gasteiger partial charge on any atom is -0.503 e. The molecule has 2 aromatic carbocycles. The summed E-state index contributed by atoms with van der Waals surface area (Å²) in [5, 5.41) is 9.87. The SMILES string of the molecule is COc1ccc(N=Cc2cc(Cl)c(O)c(OC)c2)cc1. The first-order chi connectivity index (χ1) is 9.63. The Hall–Kier alpha value is -2.20. The van der Waals surface area contributed by atoms with E-state index in [1.165, 1.54) is 7.11 Å². The summed E-state index contributed by atoms with van der Waals surface area (Å²) in [6, 6.07) is 10.6. The van der Waals surface area contributed by atoms with Gasteiger partial charge in [0.25, 0.3) is 0 Å². The Morgan fingerprint density at radius 1 is 1.10 bits per heavy atom. The average Bonchev–Trinajstić information content (AvgIpc) is 2.48. The minimum absolute atomic E-state index is 0.0734. The number of phenols is 1. The molecule has 0 atom stereocenters. The minimum atomic E-state index is -0.0734. The molecule has 0 spiro atoms. The molecule has 0 unspecified atom stereocenters. The van der Waals surface area contributed by atoms with E-state index in [1.807, 2.05) is 24.3 Å². The summed E-state index contributed by atoms with van der Waals surface area (Å²) in [6.45, 7) is 0. The van der Waals surface area contributed by atoms with Crippen molar-refractivity contribution in [1.82, 2.24) is 0 Å². The molecule has 5 heteroatoms. The number of halogens is 1. The molecule has 0 aliphatic rings. The van der Waals surface area contributed by atoms with Gasteiger partial charge in [-0.3, -0.25) is 4.99 Å². The quantitative estimate of drug-likeness (QED) is 0.871. The van der Waals surface area contributed by atoms with E-state index in [0.717, 1.165) is 17.0 Å². The molecule has 0 bridgehead atoms. The van der Waals surface area contributed by atoms with E-state index in [1.54, 1.807) is 25.5 Å². The summed E-state index contributed by atoms with van der Waals surface area (Å²) in [6.07, 6.45) is 1.65. The first-order valence-electron chi connectivity index (χ1n) is 5.88. The molecule has 1 N–H and O–H groups in total. The maximum Gasteiger partial charge on any atom is 0.176 e. The van der Waals surface area contributed by atoms with Gasteiger partial charge < -0.3 is 14.6 Å². The number of benzene rings is 2. The highest BCUT2D eigenvalue weighted by atomic mass is 35.5. The van der Waals surface area contributed by atoms with Gasteiger partial charge in [-0.05, 0) is 42.0 Å². The van der Waals surface area contributed by atoms with Crippen molar-refractivity contribution < 1.29 is 14.6 Å². The second kappa shape index (κ2) is 6.30. The number of hydrogen-bond acceptors (Lipinski definition) is 4. The third-order valence-electron chi connectivity index (χ3n) is 2.71. The Bertz CT molecular complexity index is 624. The van der Waals surface area contributed by atoms with Crippen molar-refractivity contribution in [3.8, 4) is 17.2 Å². The first kappa shape index (κ1) is 14.2. The maximum absolute atomic E-state index is 9.65. The maximum atomic E-state index is 9.65. The third kappa shape index (κ3) is 3.22. The van der Waals surface area contributed by atoms with Gasteiger partial charge in [0.2, 0.25) is 0 Å². The Morgan fingerprint density at radius 3 is 2.40 bits per heavy atom. The second-order valence-corrected chi connectivity index (χ2v) is 4.42. The van der Waals surface area contributed by atoms with Crippen LogP contribution in [0.1, 0.15) is 5.56 Å². The molecule has 0 fully saturated rings. The molecular weight excluding hydrogens is 278 g/mol. The first-order valence-corrected chi connectivity index (χ1v) is 6.26. The number of rotatable bonds is 4. The highest BCUT2D eigenvalue weighted by molar-refractivity contribution is 6.32. The molecule has 0 amide bonds. The van der Waals surface area contributed by atoms with Gasteiger partial charge in [-0.15, -0.1) is 0 Å². The molecule has 104 valence electrons. The van der Waals surface area contributed by atoms with Crippen LogP contribution in [-0.4, -0.2) is 25.5 Å².